The molecule has 1 unspecified atom stereocenters. The molecule has 0 saturated heterocycles. The van der Waals surface area contributed by atoms with E-state index in [1.54, 1.807) is 19.9 Å². The topological polar surface area (TPSA) is 69.0 Å². The van der Waals surface area contributed by atoms with Crippen molar-refractivity contribution in [2.45, 2.75) is 37.2 Å². The van der Waals surface area contributed by atoms with Crippen LogP contribution in [0.15, 0.2) is 42.1 Å². The first-order chi connectivity index (χ1) is 12.2. The SMILES string of the molecule is C=CCn1c(C)nnc1SC(C)C(=O)Nc1ccc(OC(F)(F)F)cc1. The maximum atomic E-state index is 12.3. The number of aromatic nitrogens is 3. The number of thioether (sulfide) groups is 1. The quantitative estimate of drug-likeness (QED) is 0.579. The fraction of sp³-hybridized carbons (Fsp3) is 0.312. The first kappa shape index (κ1) is 19.8. The predicted octanol–water partition coefficient (Wildman–Crippen LogP) is 3.79. The molecule has 1 atom stereocenters. The first-order valence-electron chi connectivity index (χ1n) is 7.53. The molecule has 0 aliphatic carbocycles. The number of carbonyl (C=O) groups excluding carboxylic acids is 1. The van der Waals surface area contributed by atoms with Gasteiger partial charge in [-0.1, -0.05) is 17.8 Å². The number of nitrogens with one attached hydrogen (secondary N) is 1. The van der Waals surface area contributed by atoms with E-state index in [-0.39, 0.29) is 11.7 Å². The van der Waals surface area contributed by atoms with Crippen molar-refractivity contribution in [1.29, 1.82) is 0 Å². The molecule has 6 nitrogen and oxygen atoms in total. The molecule has 1 N–H and O–H groups in total. The molecule has 1 amide bonds. The molecule has 1 heterocycles. The first-order valence-corrected chi connectivity index (χ1v) is 8.41. The summed E-state index contributed by atoms with van der Waals surface area (Å²) in [4.78, 5) is 12.3. The Balaban J connectivity index is 1.98. The van der Waals surface area contributed by atoms with Crippen LogP contribution in [0.5, 0.6) is 5.75 Å². The number of aryl methyl sites for hydroxylation is 1. The van der Waals surface area contributed by atoms with Crippen molar-refractivity contribution < 1.29 is 22.7 Å². The average molecular weight is 386 g/mol. The molecular weight excluding hydrogens is 369 g/mol. The highest BCUT2D eigenvalue weighted by Crippen LogP contribution is 2.26. The number of hydrogen-bond donors (Lipinski definition) is 1. The lowest BCUT2D eigenvalue weighted by molar-refractivity contribution is -0.274. The number of benzene rings is 1. The van der Waals surface area contributed by atoms with E-state index in [0.717, 1.165) is 12.1 Å². The average Bonchev–Trinajstić information content (AvgIpc) is 2.89. The third-order valence-corrected chi connectivity index (χ3v) is 4.30. The molecule has 10 heteroatoms. The van der Waals surface area contributed by atoms with Crippen LogP contribution < -0.4 is 10.1 Å². The Labute approximate surface area is 152 Å². The van der Waals surface area contributed by atoms with E-state index >= 15 is 0 Å². The molecule has 1 aromatic carbocycles. The summed E-state index contributed by atoms with van der Waals surface area (Å²) in [7, 11) is 0. The van der Waals surface area contributed by atoms with E-state index in [4.69, 9.17) is 0 Å². The smallest absolute Gasteiger partial charge is 0.406 e. The van der Waals surface area contributed by atoms with Crippen LogP contribution in [0.2, 0.25) is 0 Å². The second-order valence-corrected chi connectivity index (χ2v) is 6.56. The molecule has 0 aliphatic rings. The zero-order valence-corrected chi connectivity index (χ0v) is 14.9. The third-order valence-electron chi connectivity index (χ3n) is 3.22. The maximum Gasteiger partial charge on any atom is 0.573 e. The Hall–Kier alpha value is -2.49. The summed E-state index contributed by atoms with van der Waals surface area (Å²) in [5, 5.41) is 10.7. The van der Waals surface area contributed by atoms with Crippen molar-refractivity contribution in [2.24, 2.45) is 0 Å². The standard InChI is InChI=1S/C16H17F3N4O2S/c1-4-9-23-11(3)21-22-15(23)26-10(2)14(24)20-12-5-7-13(8-6-12)25-16(17,18)19/h4-8,10H,1,9H2,2-3H3,(H,20,24). The molecule has 0 aliphatic heterocycles. The Bertz CT molecular complexity index is 775. The van der Waals surface area contributed by atoms with Crippen LogP contribution in [-0.2, 0) is 11.3 Å². The largest absolute Gasteiger partial charge is 0.573 e. The minimum absolute atomic E-state index is 0.315. The molecule has 2 aromatic rings. The van der Waals surface area contributed by atoms with Crippen LogP contribution in [0.1, 0.15) is 12.7 Å². The number of amides is 1. The van der Waals surface area contributed by atoms with Crippen molar-refractivity contribution >= 4 is 23.4 Å². The van der Waals surface area contributed by atoms with Gasteiger partial charge in [-0.15, -0.1) is 29.9 Å². The Morgan fingerprint density at radius 2 is 2.04 bits per heavy atom. The number of hydrogen-bond acceptors (Lipinski definition) is 5. The third kappa shape index (κ3) is 5.51. The molecule has 1 aromatic heterocycles. The number of halogens is 3. The van der Waals surface area contributed by atoms with Crippen molar-refractivity contribution in [3.05, 3.63) is 42.7 Å². The fourth-order valence-corrected chi connectivity index (χ4v) is 2.89. The van der Waals surface area contributed by atoms with Gasteiger partial charge in [0.25, 0.3) is 0 Å². The van der Waals surface area contributed by atoms with Crippen molar-refractivity contribution in [3.8, 4) is 5.75 Å². The summed E-state index contributed by atoms with van der Waals surface area (Å²) in [6.45, 7) is 7.69. The van der Waals surface area contributed by atoms with Gasteiger partial charge in [-0.3, -0.25) is 4.79 Å². The lowest BCUT2D eigenvalue weighted by Crippen LogP contribution is -2.23. The number of carbonyl (C=O) groups is 1. The Kier molecular flexibility index (Phi) is 6.30. The van der Waals surface area contributed by atoms with Gasteiger partial charge in [-0.2, -0.15) is 0 Å². The van der Waals surface area contributed by atoms with Gasteiger partial charge in [0, 0.05) is 12.2 Å². The summed E-state index contributed by atoms with van der Waals surface area (Å²) < 4.78 is 42.0. The minimum Gasteiger partial charge on any atom is -0.406 e. The van der Waals surface area contributed by atoms with Gasteiger partial charge in [-0.25, -0.2) is 0 Å². The van der Waals surface area contributed by atoms with Crippen LogP contribution in [0.4, 0.5) is 18.9 Å². The predicted molar refractivity (Wildman–Crippen MR) is 92.0 cm³/mol. The highest BCUT2D eigenvalue weighted by Gasteiger charge is 2.31. The molecule has 0 radical (unpaired) electrons. The van der Waals surface area contributed by atoms with Gasteiger partial charge in [0.05, 0.1) is 5.25 Å². The van der Waals surface area contributed by atoms with E-state index in [1.165, 1.54) is 23.9 Å². The fourth-order valence-electron chi connectivity index (χ4n) is 1.98. The van der Waals surface area contributed by atoms with Crippen LogP contribution in [0.3, 0.4) is 0 Å². The molecular formula is C16H17F3N4O2S. The van der Waals surface area contributed by atoms with E-state index in [1.807, 2.05) is 4.57 Å². The molecule has 0 fully saturated rings. The van der Waals surface area contributed by atoms with Crippen LogP contribution >= 0.6 is 11.8 Å². The number of nitrogens with zero attached hydrogens (tertiary/aromatic N) is 3. The minimum atomic E-state index is -4.75. The monoisotopic (exact) mass is 386 g/mol. The van der Waals surface area contributed by atoms with Crippen LogP contribution in [-0.4, -0.2) is 32.3 Å². The van der Waals surface area contributed by atoms with Gasteiger partial charge in [0.15, 0.2) is 5.16 Å². The zero-order valence-electron chi connectivity index (χ0n) is 14.1. The van der Waals surface area contributed by atoms with Crippen molar-refractivity contribution in [1.82, 2.24) is 14.8 Å². The van der Waals surface area contributed by atoms with E-state index < -0.39 is 11.6 Å². The molecule has 26 heavy (non-hydrogen) atoms. The normalized spacial score (nSPS) is 12.5. The van der Waals surface area contributed by atoms with Gasteiger partial charge < -0.3 is 14.6 Å². The maximum absolute atomic E-state index is 12.3. The summed E-state index contributed by atoms with van der Waals surface area (Å²) >= 11 is 1.23. The lowest BCUT2D eigenvalue weighted by atomic mass is 10.3. The van der Waals surface area contributed by atoms with Gasteiger partial charge in [0.2, 0.25) is 5.91 Å². The van der Waals surface area contributed by atoms with Crippen molar-refractivity contribution in [3.63, 3.8) is 0 Å². The van der Waals surface area contributed by atoms with Crippen molar-refractivity contribution in [2.75, 3.05) is 5.32 Å². The number of rotatable bonds is 7. The van der Waals surface area contributed by atoms with E-state index in [0.29, 0.717) is 23.2 Å². The molecule has 0 bridgehead atoms. The van der Waals surface area contributed by atoms with Gasteiger partial charge >= 0.3 is 6.36 Å². The van der Waals surface area contributed by atoms with Crippen LogP contribution in [0.25, 0.3) is 0 Å². The van der Waals surface area contributed by atoms with E-state index in [9.17, 15) is 18.0 Å². The van der Waals surface area contributed by atoms with Gasteiger partial charge in [0.1, 0.15) is 11.6 Å². The second kappa shape index (κ2) is 8.26. The Morgan fingerprint density at radius 1 is 1.38 bits per heavy atom. The highest BCUT2D eigenvalue weighted by atomic mass is 32.2. The highest BCUT2D eigenvalue weighted by molar-refractivity contribution is 8.00. The molecule has 0 spiro atoms. The number of allylic oxidation sites excluding steroid dienone is 1. The summed E-state index contributed by atoms with van der Waals surface area (Å²) in [6, 6.07) is 4.93. The Morgan fingerprint density at radius 3 is 2.62 bits per heavy atom. The second-order valence-electron chi connectivity index (χ2n) is 5.25. The zero-order chi connectivity index (χ0) is 19.3. The number of anilines is 1. The summed E-state index contributed by atoms with van der Waals surface area (Å²) in [5.74, 6) is 0.0384. The van der Waals surface area contributed by atoms with Crippen LogP contribution in [0, 0.1) is 6.92 Å². The molecule has 0 saturated carbocycles. The summed E-state index contributed by atoms with van der Waals surface area (Å²) in [6.07, 6.45) is -3.05. The number of alkyl halides is 3. The number of ether oxygens (including phenoxy) is 1. The van der Waals surface area contributed by atoms with E-state index in [2.05, 4.69) is 26.8 Å². The lowest BCUT2D eigenvalue weighted by Gasteiger charge is -2.13. The summed E-state index contributed by atoms with van der Waals surface area (Å²) in [5.41, 5.74) is 0.362. The molecule has 140 valence electrons. The molecule has 2 rings (SSSR count). The van der Waals surface area contributed by atoms with Gasteiger partial charge in [-0.05, 0) is 38.1 Å².